The molecule has 60 valence electrons. The molecule has 0 aliphatic rings. The van der Waals surface area contributed by atoms with Crippen LogP contribution in [0.4, 0.5) is 0 Å². The second kappa shape index (κ2) is 5.88. The molecular formula is C9H12LiNO. The van der Waals surface area contributed by atoms with Gasteiger partial charge in [-0.05, 0) is 19.1 Å². The summed E-state index contributed by atoms with van der Waals surface area (Å²) in [6.07, 6.45) is 0. The fourth-order valence-electron chi connectivity index (χ4n) is 0.852. The van der Waals surface area contributed by atoms with Crippen molar-refractivity contribution in [2.24, 2.45) is 0 Å². The Hall–Kier alpha value is -0.713. The fourth-order valence-corrected chi connectivity index (χ4v) is 0.852. The summed E-state index contributed by atoms with van der Waals surface area (Å²) in [6.45, 7) is 2.58. The molecule has 3 heteroatoms. The summed E-state index contributed by atoms with van der Waals surface area (Å²) in [5.74, 6) is -0.00639. The van der Waals surface area contributed by atoms with Gasteiger partial charge >= 0.3 is 18.9 Å². The summed E-state index contributed by atoms with van der Waals surface area (Å²) < 4.78 is 0. The van der Waals surface area contributed by atoms with Crippen molar-refractivity contribution in [2.45, 2.75) is 6.92 Å². The summed E-state index contributed by atoms with van der Waals surface area (Å²) in [4.78, 5) is 11.1. The van der Waals surface area contributed by atoms with Crippen molar-refractivity contribution in [3.05, 3.63) is 35.9 Å². The van der Waals surface area contributed by atoms with Gasteiger partial charge in [0, 0.05) is 12.1 Å². The quantitative estimate of drug-likeness (QED) is 0.632. The number of carbonyl (C=O) groups excluding carboxylic acids is 1. The van der Waals surface area contributed by atoms with E-state index in [1.807, 2.05) is 25.1 Å². The van der Waals surface area contributed by atoms with Crippen molar-refractivity contribution >= 4 is 24.8 Å². The van der Waals surface area contributed by atoms with Crippen LogP contribution >= 0.6 is 0 Å². The Balaban J connectivity index is 0.00000121. The SMILES string of the molecule is CCNC(=O)c1ccccc1.[LiH]. The standard InChI is InChI=1S/C9H11NO.Li.H/c1-2-10-9(11)8-6-4-3-5-7-8;;/h3-7H,2H2,1H3,(H,10,11);;. The monoisotopic (exact) mass is 157 g/mol. The Kier molecular flexibility index (Phi) is 5.53. The van der Waals surface area contributed by atoms with Gasteiger partial charge in [0.2, 0.25) is 0 Å². The Morgan fingerprint density at radius 1 is 1.33 bits per heavy atom. The van der Waals surface area contributed by atoms with Gasteiger partial charge in [-0.15, -0.1) is 0 Å². The van der Waals surface area contributed by atoms with Crippen LogP contribution in [0.15, 0.2) is 30.3 Å². The molecule has 0 fully saturated rings. The van der Waals surface area contributed by atoms with Gasteiger partial charge in [-0.1, -0.05) is 18.2 Å². The Morgan fingerprint density at radius 3 is 2.42 bits per heavy atom. The third-order valence-electron chi connectivity index (χ3n) is 1.37. The second-order valence-electron chi connectivity index (χ2n) is 2.23. The van der Waals surface area contributed by atoms with Gasteiger partial charge in [0.1, 0.15) is 0 Å². The number of nitrogens with one attached hydrogen (secondary N) is 1. The Morgan fingerprint density at radius 2 is 1.92 bits per heavy atom. The molecule has 2 nitrogen and oxygen atoms in total. The number of amides is 1. The Bertz CT molecular complexity index is 236. The van der Waals surface area contributed by atoms with E-state index in [0.717, 1.165) is 0 Å². The van der Waals surface area contributed by atoms with Crippen LogP contribution in [0.2, 0.25) is 0 Å². The summed E-state index contributed by atoms with van der Waals surface area (Å²) in [5, 5.41) is 2.72. The molecule has 0 saturated heterocycles. The van der Waals surface area contributed by atoms with E-state index in [1.54, 1.807) is 12.1 Å². The first-order valence-electron chi connectivity index (χ1n) is 3.68. The molecule has 0 spiro atoms. The molecule has 0 aliphatic heterocycles. The van der Waals surface area contributed by atoms with Crippen LogP contribution in [0.25, 0.3) is 0 Å². The molecule has 0 radical (unpaired) electrons. The zero-order valence-corrected chi connectivity index (χ0v) is 6.50. The third-order valence-corrected chi connectivity index (χ3v) is 1.37. The van der Waals surface area contributed by atoms with Crippen molar-refractivity contribution in [2.75, 3.05) is 6.54 Å². The Labute approximate surface area is 84.5 Å². The molecular weight excluding hydrogens is 145 g/mol. The maximum atomic E-state index is 11.1. The molecule has 0 atom stereocenters. The molecule has 0 bridgehead atoms. The van der Waals surface area contributed by atoms with E-state index in [0.29, 0.717) is 12.1 Å². The van der Waals surface area contributed by atoms with E-state index in [9.17, 15) is 4.79 Å². The molecule has 0 aromatic heterocycles. The van der Waals surface area contributed by atoms with E-state index in [-0.39, 0.29) is 24.8 Å². The number of hydrogen-bond acceptors (Lipinski definition) is 1. The van der Waals surface area contributed by atoms with Crippen LogP contribution in [-0.4, -0.2) is 31.3 Å². The van der Waals surface area contributed by atoms with E-state index in [2.05, 4.69) is 5.32 Å². The van der Waals surface area contributed by atoms with Crippen molar-refractivity contribution in [1.29, 1.82) is 0 Å². The van der Waals surface area contributed by atoms with Crippen molar-refractivity contribution in [3.63, 3.8) is 0 Å². The average molecular weight is 157 g/mol. The summed E-state index contributed by atoms with van der Waals surface area (Å²) in [7, 11) is 0. The van der Waals surface area contributed by atoms with Crippen molar-refractivity contribution in [1.82, 2.24) is 5.32 Å². The van der Waals surface area contributed by atoms with Crippen LogP contribution in [0.3, 0.4) is 0 Å². The predicted molar refractivity (Wildman–Crippen MR) is 51.6 cm³/mol. The first-order valence-corrected chi connectivity index (χ1v) is 3.68. The first kappa shape index (κ1) is 11.3. The van der Waals surface area contributed by atoms with Crippen LogP contribution < -0.4 is 5.32 Å². The van der Waals surface area contributed by atoms with E-state index < -0.39 is 0 Å². The predicted octanol–water partition coefficient (Wildman–Crippen LogP) is 0.788. The van der Waals surface area contributed by atoms with Gasteiger partial charge in [-0.2, -0.15) is 0 Å². The molecule has 12 heavy (non-hydrogen) atoms. The minimum absolute atomic E-state index is 0. The summed E-state index contributed by atoms with van der Waals surface area (Å²) in [6, 6.07) is 9.19. The van der Waals surface area contributed by atoms with Gasteiger partial charge in [-0.25, -0.2) is 0 Å². The van der Waals surface area contributed by atoms with Gasteiger partial charge in [0.25, 0.3) is 5.91 Å². The van der Waals surface area contributed by atoms with Gasteiger partial charge < -0.3 is 5.32 Å². The topological polar surface area (TPSA) is 29.1 Å². The number of rotatable bonds is 2. The van der Waals surface area contributed by atoms with Crippen molar-refractivity contribution in [3.8, 4) is 0 Å². The fraction of sp³-hybridized carbons (Fsp3) is 0.222. The van der Waals surface area contributed by atoms with Crippen LogP contribution in [0.5, 0.6) is 0 Å². The van der Waals surface area contributed by atoms with Gasteiger partial charge in [0.15, 0.2) is 0 Å². The molecule has 1 amide bonds. The third kappa shape index (κ3) is 3.12. The summed E-state index contributed by atoms with van der Waals surface area (Å²) in [5.41, 5.74) is 0.717. The second-order valence-corrected chi connectivity index (χ2v) is 2.23. The van der Waals surface area contributed by atoms with Crippen LogP contribution in [0.1, 0.15) is 17.3 Å². The summed E-state index contributed by atoms with van der Waals surface area (Å²) >= 11 is 0. The molecule has 1 aromatic carbocycles. The first-order chi connectivity index (χ1) is 5.34. The van der Waals surface area contributed by atoms with Gasteiger partial charge in [0.05, 0.1) is 0 Å². The van der Waals surface area contributed by atoms with Crippen molar-refractivity contribution < 1.29 is 4.79 Å². The maximum absolute atomic E-state index is 11.1. The molecule has 1 rings (SSSR count). The molecule has 0 saturated carbocycles. The van der Waals surface area contributed by atoms with E-state index in [4.69, 9.17) is 0 Å². The van der Waals surface area contributed by atoms with Crippen LogP contribution in [0, 0.1) is 0 Å². The zero-order valence-electron chi connectivity index (χ0n) is 6.50. The molecule has 0 heterocycles. The molecule has 1 N–H and O–H groups in total. The normalized spacial score (nSPS) is 8.42. The molecule has 0 aliphatic carbocycles. The number of benzene rings is 1. The van der Waals surface area contributed by atoms with E-state index in [1.165, 1.54) is 0 Å². The molecule has 0 unspecified atom stereocenters. The van der Waals surface area contributed by atoms with Crippen LogP contribution in [-0.2, 0) is 0 Å². The molecule has 1 aromatic rings. The van der Waals surface area contributed by atoms with Gasteiger partial charge in [-0.3, -0.25) is 4.79 Å². The van der Waals surface area contributed by atoms with E-state index >= 15 is 0 Å². The zero-order chi connectivity index (χ0) is 8.10. The number of carbonyl (C=O) groups is 1. The number of hydrogen-bond donors (Lipinski definition) is 1. The minimum atomic E-state index is -0.00639. The average Bonchev–Trinajstić information content (AvgIpc) is 2.07.